The van der Waals surface area contributed by atoms with E-state index in [0.29, 0.717) is 12.2 Å². The molecule has 2 rings (SSSR count). The smallest absolute Gasteiger partial charge is 0.354 e. The van der Waals surface area contributed by atoms with Crippen LogP contribution in [0.2, 0.25) is 0 Å². The molecule has 2 N–H and O–H groups in total. The maximum atomic E-state index is 10.8. The third-order valence-corrected chi connectivity index (χ3v) is 2.87. The lowest BCUT2D eigenvalue weighted by Crippen LogP contribution is -2.07. The third-order valence-electron chi connectivity index (χ3n) is 2.87. The van der Waals surface area contributed by atoms with Gasteiger partial charge < -0.3 is 10.4 Å². The van der Waals surface area contributed by atoms with Crippen LogP contribution in [0.15, 0.2) is 36.4 Å². The first-order valence-corrected chi connectivity index (χ1v) is 6.06. The predicted molar refractivity (Wildman–Crippen MR) is 74.4 cm³/mol. The van der Waals surface area contributed by atoms with Crippen LogP contribution in [-0.4, -0.2) is 16.1 Å². The van der Waals surface area contributed by atoms with Crippen molar-refractivity contribution in [1.29, 1.82) is 0 Å². The van der Waals surface area contributed by atoms with E-state index in [1.54, 1.807) is 6.07 Å². The fourth-order valence-corrected chi connectivity index (χ4v) is 1.89. The molecule has 0 atom stereocenters. The fourth-order valence-electron chi connectivity index (χ4n) is 1.89. The number of carbonyl (C=O) groups is 1. The van der Waals surface area contributed by atoms with Crippen molar-refractivity contribution in [3.05, 3.63) is 58.9 Å². The zero-order chi connectivity index (χ0) is 13.8. The van der Waals surface area contributed by atoms with Crippen LogP contribution in [0.4, 0.5) is 5.69 Å². The Morgan fingerprint density at radius 1 is 1.26 bits per heavy atom. The van der Waals surface area contributed by atoms with Gasteiger partial charge in [-0.1, -0.05) is 23.8 Å². The van der Waals surface area contributed by atoms with Gasteiger partial charge in [-0.25, -0.2) is 9.78 Å². The quantitative estimate of drug-likeness (QED) is 0.882. The second kappa shape index (κ2) is 5.52. The van der Waals surface area contributed by atoms with Crippen molar-refractivity contribution < 1.29 is 9.90 Å². The van der Waals surface area contributed by atoms with E-state index in [4.69, 9.17) is 5.11 Å². The van der Waals surface area contributed by atoms with Crippen molar-refractivity contribution >= 4 is 11.7 Å². The summed E-state index contributed by atoms with van der Waals surface area (Å²) in [4.78, 5) is 14.9. The van der Waals surface area contributed by atoms with Crippen LogP contribution in [0.25, 0.3) is 0 Å². The van der Waals surface area contributed by atoms with E-state index >= 15 is 0 Å². The molecule has 1 aromatic carbocycles. The summed E-state index contributed by atoms with van der Waals surface area (Å²) in [6, 6.07) is 11.2. The molecule has 0 saturated heterocycles. The molecule has 0 aliphatic carbocycles. The number of rotatable bonds is 4. The van der Waals surface area contributed by atoms with Crippen LogP contribution >= 0.6 is 0 Å². The van der Waals surface area contributed by atoms with Gasteiger partial charge in [-0.15, -0.1) is 0 Å². The number of aryl methyl sites for hydroxylation is 2. The number of carboxylic acids is 1. The maximum Gasteiger partial charge on any atom is 0.354 e. The maximum absolute atomic E-state index is 10.8. The van der Waals surface area contributed by atoms with E-state index in [-0.39, 0.29) is 5.69 Å². The molecule has 98 valence electrons. The SMILES string of the molecule is Cc1ccc(NCc2cccc(C(=O)O)n2)c(C)c1. The van der Waals surface area contributed by atoms with Gasteiger partial charge in [0, 0.05) is 5.69 Å². The monoisotopic (exact) mass is 256 g/mol. The summed E-state index contributed by atoms with van der Waals surface area (Å²) in [7, 11) is 0. The summed E-state index contributed by atoms with van der Waals surface area (Å²) in [6.07, 6.45) is 0. The number of hydrogen-bond acceptors (Lipinski definition) is 3. The predicted octanol–water partition coefficient (Wildman–Crippen LogP) is 3.01. The lowest BCUT2D eigenvalue weighted by molar-refractivity contribution is 0.0690. The lowest BCUT2D eigenvalue weighted by atomic mass is 10.1. The molecule has 1 heterocycles. The van der Waals surface area contributed by atoms with E-state index in [1.807, 2.05) is 25.1 Å². The number of benzene rings is 1. The summed E-state index contributed by atoms with van der Waals surface area (Å²) < 4.78 is 0. The Bertz CT molecular complexity index is 609. The highest BCUT2D eigenvalue weighted by atomic mass is 16.4. The molecule has 0 unspecified atom stereocenters. The van der Waals surface area contributed by atoms with Crippen molar-refractivity contribution in [2.45, 2.75) is 20.4 Å². The van der Waals surface area contributed by atoms with Crippen molar-refractivity contribution in [2.24, 2.45) is 0 Å². The van der Waals surface area contributed by atoms with Crippen LogP contribution in [0, 0.1) is 13.8 Å². The largest absolute Gasteiger partial charge is 0.477 e. The fraction of sp³-hybridized carbons (Fsp3) is 0.200. The standard InChI is InChI=1S/C15H16N2O2/c1-10-6-7-13(11(2)8-10)16-9-12-4-3-5-14(17-12)15(18)19/h3-8,16H,9H2,1-2H3,(H,18,19). The molecular weight excluding hydrogens is 240 g/mol. The topological polar surface area (TPSA) is 62.2 Å². The average molecular weight is 256 g/mol. The Labute approximate surface area is 112 Å². The molecule has 19 heavy (non-hydrogen) atoms. The minimum Gasteiger partial charge on any atom is -0.477 e. The molecular formula is C15H16N2O2. The number of aromatic nitrogens is 1. The molecule has 0 aliphatic heterocycles. The molecule has 0 saturated carbocycles. The molecule has 0 bridgehead atoms. The van der Waals surface area contributed by atoms with Crippen molar-refractivity contribution in [3.63, 3.8) is 0 Å². The molecule has 0 radical (unpaired) electrons. The van der Waals surface area contributed by atoms with Gasteiger partial charge in [-0.2, -0.15) is 0 Å². The molecule has 0 fully saturated rings. The zero-order valence-electron chi connectivity index (χ0n) is 11.0. The number of pyridine rings is 1. The van der Waals surface area contributed by atoms with Crippen LogP contribution < -0.4 is 5.32 Å². The highest BCUT2D eigenvalue weighted by Crippen LogP contribution is 2.16. The van der Waals surface area contributed by atoms with Crippen LogP contribution in [0.1, 0.15) is 27.3 Å². The molecule has 0 amide bonds. The lowest BCUT2D eigenvalue weighted by Gasteiger charge is -2.10. The second-order valence-electron chi connectivity index (χ2n) is 4.49. The van der Waals surface area contributed by atoms with Gasteiger partial charge in [-0.05, 0) is 37.6 Å². The third kappa shape index (κ3) is 3.31. The molecule has 4 nitrogen and oxygen atoms in total. The van der Waals surface area contributed by atoms with E-state index in [9.17, 15) is 4.79 Å². The number of hydrogen-bond donors (Lipinski definition) is 2. The number of nitrogens with one attached hydrogen (secondary N) is 1. The Hall–Kier alpha value is -2.36. The Morgan fingerprint density at radius 2 is 2.05 bits per heavy atom. The van der Waals surface area contributed by atoms with Crippen molar-refractivity contribution in [3.8, 4) is 0 Å². The zero-order valence-corrected chi connectivity index (χ0v) is 11.0. The Balaban J connectivity index is 2.10. The molecule has 0 spiro atoms. The van der Waals surface area contributed by atoms with Gasteiger partial charge in [0.25, 0.3) is 0 Å². The minimum atomic E-state index is -1.01. The number of carboxylic acid groups (broad SMARTS) is 1. The summed E-state index contributed by atoms with van der Waals surface area (Å²) in [6.45, 7) is 4.59. The first-order valence-electron chi connectivity index (χ1n) is 6.06. The van der Waals surface area contributed by atoms with Gasteiger partial charge in [0.05, 0.1) is 12.2 Å². The van der Waals surface area contributed by atoms with Gasteiger partial charge in [0.15, 0.2) is 0 Å². The highest BCUT2D eigenvalue weighted by molar-refractivity contribution is 5.85. The van der Waals surface area contributed by atoms with Gasteiger partial charge >= 0.3 is 5.97 Å². The first kappa shape index (κ1) is 13.1. The van der Waals surface area contributed by atoms with Crippen LogP contribution in [-0.2, 0) is 6.54 Å². The average Bonchev–Trinajstić information content (AvgIpc) is 2.38. The van der Waals surface area contributed by atoms with Gasteiger partial charge in [0.2, 0.25) is 0 Å². The highest BCUT2D eigenvalue weighted by Gasteiger charge is 2.05. The van der Waals surface area contributed by atoms with Gasteiger partial charge in [-0.3, -0.25) is 0 Å². The van der Waals surface area contributed by atoms with Crippen molar-refractivity contribution in [1.82, 2.24) is 4.98 Å². The van der Waals surface area contributed by atoms with Crippen LogP contribution in [0.5, 0.6) is 0 Å². The van der Waals surface area contributed by atoms with E-state index in [0.717, 1.165) is 11.3 Å². The van der Waals surface area contributed by atoms with Crippen LogP contribution in [0.3, 0.4) is 0 Å². The number of nitrogens with zero attached hydrogens (tertiary/aromatic N) is 1. The Morgan fingerprint density at radius 3 is 2.74 bits per heavy atom. The van der Waals surface area contributed by atoms with E-state index in [2.05, 4.69) is 23.3 Å². The van der Waals surface area contributed by atoms with Crippen molar-refractivity contribution in [2.75, 3.05) is 5.32 Å². The summed E-state index contributed by atoms with van der Waals surface area (Å²) in [5.41, 5.74) is 4.19. The normalized spacial score (nSPS) is 10.2. The minimum absolute atomic E-state index is 0.0694. The van der Waals surface area contributed by atoms with E-state index < -0.39 is 5.97 Å². The first-order chi connectivity index (χ1) is 9.06. The number of anilines is 1. The molecule has 4 heteroatoms. The van der Waals surface area contributed by atoms with E-state index in [1.165, 1.54) is 11.6 Å². The molecule has 2 aromatic rings. The summed E-state index contributed by atoms with van der Waals surface area (Å²) in [5, 5.41) is 12.2. The van der Waals surface area contributed by atoms with Gasteiger partial charge in [0.1, 0.15) is 5.69 Å². The number of aromatic carboxylic acids is 1. The second-order valence-corrected chi connectivity index (χ2v) is 4.49. The molecule has 1 aromatic heterocycles. The summed E-state index contributed by atoms with van der Waals surface area (Å²) >= 11 is 0. The Kier molecular flexibility index (Phi) is 3.80. The summed E-state index contributed by atoms with van der Waals surface area (Å²) in [5.74, 6) is -1.01. The molecule has 0 aliphatic rings.